The molecule has 3 heterocycles. The van der Waals surface area contributed by atoms with Gasteiger partial charge in [-0.05, 0) is 36.6 Å². The summed E-state index contributed by atoms with van der Waals surface area (Å²) in [5, 5.41) is 0. The fourth-order valence-electron chi connectivity index (χ4n) is 3.18. The van der Waals surface area contributed by atoms with Gasteiger partial charge < -0.3 is 9.32 Å². The van der Waals surface area contributed by atoms with Gasteiger partial charge in [0.2, 0.25) is 5.91 Å². The molecule has 0 aliphatic carbocycles. The largest absolute Gasteiger partial charge is 0.472 e. The van der Waals surface area contributed by atoms with Gasteiger partial charge in [0, 0.05) is 17.7 Å². The van der Waals surface area contributed by atoms with E-state index in [2.05, 4.69) is 24.0 Å². The zero-order valence-corrected chi connectivity index (χ0v) is 12.4. The van der Waals surface area contributed by atoms with Crippen molar-refractivity contribution in [2.75, 3.05) is 13.1 Å². The van der Waals surface area contributed by atoms with Crippen LogP contribution in [-0.4, -0.2) is 29.6 Å². The zero-order chi connectivity index (χ0) is 15.1. The molecule has 2 aromatic rings. The summed E-state index contributed by atoms with van der Waals surface area (Å²) >= 11 is 0. The molecule has 0 radical (unpaired) electrons. The maximum Gasteiger partial charge on any atom is 0.248 e. The molecule has 0 N–H and O–H groups in total. The lowest BCUT2D eigenvalue weighted by Crippen LogP contribution is -2.36. The number of amides is 1. The number of allylic oxidation sites excluding steroid dienone is 1. The van der Waals surface area contributed by atoms with Crippen molar-refractivity contribution in [3.63, 3.8) is 0 Å². The van der Waals surface area contributed by atoms with Crippen LogP contribution in [0.15, 0.2) is 52.3 Å². The Morgan fingerprint density at radius 2 is 2.18 bits per heavy atom. The second-order valence-electron chi connectivity index (χ2n) is 5.64. The van der Waals surface area contributed by atoms with Gasteiger partial charge in [-0.3, -0.25) is 9.79 Å². The number of carbonyl (C=O) groups excluding carboxylic acids is 1. The van der Waals surface area contributed by atoms with Gasteiger partial charge in [-0.2, -0.15) is 0 Å². The minimum absolute atomic E-state index is 0.0527. The maximum atomic E-state index is 12.4. The lowest BCUT2D eigenvalue weighted by molar-refractivity contribution is -0.126. The van der Waals surface area contributed by atoms with Crippen LogP contribution < -0.4 is 0 Å². The highest BCUT2D eigenvalue weighted by Crippen LogP contribution is 2.32. The van der Waals surface area contributed by atoms with Crippen LogP contribution in [0.2, 0.25) is 0 Å². The standard InChI is InChI=1S/C18H16N2O2/c1-12-3-2-4-15-14(12)5-7-20-17(15)9-16(19-10-18(20)21)13-6-8-22-11-13/h2-4,6,8-9,11H,5,7,10H2,1H3. The zero-order valence-electron chi connectivity index (χ0n) is 12.4. The molecule has 0 fully saturated rings. The lowest BCUT2D eigenvalue weighted by Gasteiger charge is -2.31. The first-order valence-corrected chi connectivity index (χ1v) is 7.42. The first-order chi connectivity index (χ1) is 10.7. The second-order valence-corrected chi connectivity index (χ2v) is 5.64. The van der Waals surface area contributed by atoms with Gasteiger partial charge in [0.15, 0.2) is 0 Å². The third kappa shape index (κ3) is 1.99. The second kappa shape index (κ2) is 4.98. The molecule has 110 valence electrons. The SMILES string of the molecule is Cc1cccc2c1CCN1C(=O)CN=C(c3ccoc3)C=C21. The molecule has 0 bridgehead atoms. The van der Waals surface area contributed by atoms with E-state index in [0.29, 0.717) is 0 Å². The Morgan fingerprint density at radius 3 is 3.00 bits per heavy atom. The topological polar surface area (TPSA) is 45.8 Å². The van der Waals surface area contributed by atoms with E-state index >= 15 is 0 Å². The highest BCUT2D eigenvalue weighted by molar-refractivity contribution is 6.14. The van der Waals surface area contributed by atoms with Crippen LogP contribution >= 0.6 is 0 Å². The molecular formula is C18H16N2O2. The number of rotatable bonds is 1. The molecule has 1 aromatic heterocycles. The van der Waals surface area contributed by atoms with Gasteiger partial charge in [-0.25, -0.2) is 0 Å². The summed E-state index contributed by atoms with van der Waals surface area (Å²) in [6.45, 7) is 3.02. The molecule has 4 heteroatoms. The molecule has 4 rings (SSSR count). The number of hydrogen-bond donors (Lipinski definition) is 0. The summed E-state index contributed by atoms with van der Waals surface area (Å²) in [6.07, 6.45) is 6.19. The number of benzene rings is 1. The lowest BCUT2D eigenvalue weighted by atomic mass is 9.92. The molecular weight excluding hydrogens is 276 g/mol. The van der Waals surface area contributed by atoms with Crippen LogP contribution in [0.25, 0.3) is 5.70 Å². The molecule has 0 atom stereocenters. The summed E-state index contributed by atoms with van der Waals surface area (Å²) in [4.78, 5) is 18.7. The monoisotopic (exact) mass is 292 g/mol. The maximum absolute atomic E-state index is 12.4. The Kier molecular flexibility index (Phi) is 2.96. The van der Waals surface area contributed by atoms with E-state index in [9.17, 15) is 4.79 Å². The van der Waals surface area contributed by atoms with Gasteiger partial charge in [-0.15, -0.1) is 0 Å². The molecule has 22 heavy (non-hydrogen) atoms. The van der Waals surface area contributed by atoms with E-state index in [1.54, 1.807) is 12.5 Å². The van der Waals surface area contributed by atoms with E-state index in [-0.39, 0.29) is 12.5 Å². The van der Waals surface area contributed by atoms with E-state index in [1.165, 1.54) is 11.1 Å². The van der Waals surface area contributed by atoms with Crippen molar-refractivity contribution in [2.45, 2.75) is 13.3 Å². The van der Waals surface area contributed by atoms with Crippen molar-refractivity contribution in [1.82, 2.24) is 4.90 Å². The predicted molar refractivity (Wildman–Crippen MR) is 84.7 cm³/mol. The first-order valence-electron chi connectivity index (χ1n) is 7.42. The summed E-state index contributed by atoms with van der Waals surface area (Å²) in [6, 6.07) is 8.13. The van der Waals surface area contributed by atoms with Crippen molar-refractivity contribution in [2.24, 2.45) is 4.99 Å². The molecule has 1 aromatic carbocycles. The Bertz CT molecular complexity index is 800. The van der Waals surface area contributed by atoms with Crippen LogP contribution in [0.4, 0.5) is 0 Å². The van der Waals surface area contributed by atoms with Crippen LogP contribution in [0.3, 0.4) is 0 Å². The van der Waals surface area contributed by atoms with Gasteiger partial charge in [-0.1, -0.05) is 18.2 Å². The number of nitrogens with zero attached hydrogens (tertiary/aromatic N) is 2. The fourth-order valence-corrected chi connectivity index (χ4v) is 3.18. The Hall–Kier alpha value is -2.62. The molecule has 0 saturated carbocycles. The van der Waals surface area contributed by atoms with Gasteiger partial charge in [0.05, 0.1) is 23.9 Å². The van der Waals surface area contributed by atoms with E-state index in [0.717, 1.165) is 35.5 Å². The van der Waals surface area contributed by atoms with Gasteiger partial charge in [0.1, 0.15) is 6.54 Å². The average molecular weight is 292 g/mol. The van der Waals surface area contributed by atoms with Crippen molar-refractivity contribution < 1.29 is 9.21 Å². The Balaban J connectivity index is 1.89. The van der Waals surface area contributed by atoms with Crippen LogP contribution in [-0.2, 0) is 11.2 Å². The molecule has 4 nitrogen and oxygen atoms in total. The number of aryl methyl sites for hydroxylation is 1. The van der Waals surface area contributed by atoms with E-state index in [4.69, 9.17) is 4.42 Å². The number of fused-ring (bicyclic) bond motifs is 3. The minimum atomic E-state index is 0.0527. The highest BCUT2D eigenvalue weighted by atomic mass is 16.3. The van der Waals surface area contributed by atoms with Crippen molar-refractivity contribution in [3.8, 4) is 0 Å². The third-order valence-corrected chi connectivity index (χ3v) is 4.34. The van der Waals surface area contributed by atoms with E-state index in [1.807, 2.05) is 23.1 Å². The van der Waals surface area contributed by atoms with Gasteiger partial charge >= 0.3 is 0 Å². The number of hydrogen-bond acceptors (Lipinski definition) is 3. The van der Waals surface area contributed by atoms with Crippen molar-refractivity contribution in [1.29, 1.82) is 0 Å². The summed E-state index contributed by atoms with van der Waals surface area (Å²) < 4.78 is 5.15. The molecule has 2 aliphatic heterocycles. The molecule has 2 aliphatic rings. The fraction of sp³-hybridized carbons (Fsp3) is 0.222. The van der Waals surface area contributed by atoms with Crippen LogP contribution in [0.5, 0.6) is 0 Å². The first kappa shape index (κ1) is 13.1. The molecule has 0 spiro atoms. The van der Waals surface area contributed by atoms with Crippen molar-refractivity contribution >= 4 is 17.3 Å². The van der Waals surface area contributed by atoms with E-state index < -0.39 is 0 Å². The smallest absolute Gasteiger partial charge is 0.248 e. The summed E-state index contributed by atoms with van der Waals surface area (Å²) in [5.74, 6) is 0.0527. The van der Waals surface area contributed by atoms with Gasteiger partial charge in [0.25, 0.3) is 0 Å². The van der Waals surface area contributed by atoms with Crippen LogP contribution in [0, 0.1) is 6.92 Å². The Labute approximate surface area is 128 Å². The Morgan fingerprint density at radius 1 is 1.27 bits per heavy atom. The predicted octanol–water partition coefficient (Wildman–Crippen LogP) is 2.82. The van der Waals surface area contributed by atoms with Crippen molar-refractivity contribution in [3.05, 3.63) is 65.1 Å². The normalized spacial score (nSPS) is 17.3. The molecule has 0 unspecified atom stereocenters. The molecule has 1 amide bonds. The number of carbonyl (C=O) groups is 1. The average Bonchev–Trinajstić information content (AvgIpc) is 3.00. The third-order valence-electron chi connectivity index (χ3n) is 4.34. The summed E-state index contributed by atoms with van der Waals surface area (Å²) in [7, 11) is 0. The number of aliphatic imine (C=N–C) groups is 1. The number of furan rings is 1. The van der Waals surface area contributed by atoms with Crippen LogP contribution in [0.1, 0.15) is 22.3 Å². The molecule has 0 saturated heterocycles. The summed E-state index contributed by atoms with van der Waals surface area (Å²) in [5.41, 5.74) is 6.39. The minimum Gasteiger partial charge on any atom is -0.472 e. The highest BCUT2D eigenvalue weighted by Gasteiger charge is 2.28. The quantitative estimate of drug-likeness (QED) is 0.811.